The van der Waals surface area contributed by atoms with Crippen molar-refractivity contribution in [2.75, 3.05) is 0 Å². The quantitative estimate of drug-likeness (QED) is 0.540. The Morgan fingerprint density at radius 1 is 1.36 bits per heavy atom. The fraction of sp³-hybridized carbons (Fsp3) is 0.222. The third-order valence-corrected chi connectivity index (χ3v) is 4.73. The molecule has 0 unspecified atom stereocenters. The Morgan fingerprint density at radius 2 is 2.14 bits per heavy atom. The van der Waals surface area contributed by atoms with Gasteiger partial charge in [-0.1, -0.05) is 11.6 Å². The minimum absolute atomic E-state index is 0.131. The number of furan rings is 1. The van der Waals surface area contributed by atoms with Gasteiger partial charge in [-0.3, -0.25) is 19.1 Å². The van der Waals surface area contributed by atoms with Crippen LogP contribution in [0.4, 0.5) is 0 Å². The van der Waals surface area contributed by atoms with Gasteiger partial charge in [0.1, 0.15) is 17.9 Å². The number of halogens is 1. The molecule has 1 aromatic carbocycles. The molecule has 144 valence electrons. The van der Waals surface area contributed by atoms with Crippen LogP contribution in [0.15, 0.2) is 44.6 Å². The van der Waals surface area contributed by atoms with Crippen molar-refractivity contribution in [2.24, 2.45) is 7.05 Å². The van der Waals surface area contributed by atoms with Crippen LogP contribution in [-0.2, 0) is 18.4 Å². The van der Waals surface area contributed by atoms with Crippen molar-refractivity contribution in [3.8, 4) is 0 Å². The summed E-state index contributed by atoms with van der Waals surface area (Å²) in [4.78, 5) is 42.5. The van der Waals surface area contributed by atoms with Gasteiger partial charge in [0.2, 0.25) is 5.91 Å². The van der Waals surface area contributed by atoms with E-state index in [0.29, 0.717) is 16.4 Å². The number of carbonyl (C=O) groups is 1. The van der Waals surface area contributed by atoms with Crippen LogP contribution < -0.4 is 16.6 Å². The maximum Gasteiger partial charge on any atom is 0.329 e. The number of benzene rings is 1. The van der Waals surface area contributed by atoms with Crippen molar-refractivity contribution in [1.29, 1.82) is 0 Å². The molecule has 28 heavy (non-hydrogen) atoms. The second kappa shape index (κ2) is 6.68. The van der Waals surface area contributed by atoms with Gasteiger partial charge >= 0.3 is 5.69 Å². The number of aromatic amines is 1. The maximum atomic E-state index is 12.5. The molecule has 4 rings (SSSR count). The summed E-state index contributed by atoms with van der Waals surface area (Å²) >= 11 is 5.98. The molecule has 0 saturated carbocycles. The molecule has 0 aliphatic heterocycles. The van der Waals surface area contributed by atoms with Crippen LogP contribution in [0.2, 0.25) is 5.02 Å². The van der Waals surface area contributed by atoms with Crippen molar-refractivity contribution >= 4 is 39.6 Å². The number of hydrogen-bond donors (Lipinski definition) is 2. The molecule has 4 aromatic rings. The summed E-state index contributed by atoms with van der Waals surface area (Å²) in [7, 11) is 1.49. The van der Waals surface area contributed by atoms with Gasteiger partial charge in [-0.05, 0) is 31.2 Å². The molecule has 0 saturated heterocycles. The number of carbonyl (C=O) groups excluding carboxylic acids is 1. The summed E-state index contributed by atoms with van der Waals surface area (Å²) < 4.78 is 8.37. The number of aryl methyl sites for hydroxylation is 1. The highest BCUT2D eigenvalue weighted by Crippen LogP contribution is 2.26. The molecule has 3 heterocycles. The number of H-pyrrole nitrogens is 1. The first-order valence-electron chi connectivity index (χ1n) is 8.46. The van der Waals surface area contributed by atoms with Gasteiger partial charge in [-0.15, -0.1) is 0 Å². The van der Waals surface area contributed by atoms with Crippen molar-refractivity contribution in [2.45, 2.75) is 19.5 Å². The van der Waals surface area contributed by atoms with E-state index >= 15 is 0 Å². The van der Waals surface area contributed by atoms with Crippen LogP contribution in [0, 0.1) is 0 Å². The average molecular weight is 402 g/mol. The van der Waals surface area contributed by atoms with Crippen LogP contribution in [-0.4, -0.2) is 25.0 Å². The Labute approximate surface area is 162 Å². The van der Waals surface area contributed by atoms with E-state index < -0.39 is 17.3 Å². The lowest BCUT2D eigenvalue weighted by atomic mass is 10.2. The van der Waals surface area contributed by atoms with E-state index in [1.54, 1.807) is 25.1 Å². The van der Waals surface area contributed by atoms with E-state index in [1.807, 2.05) is 6.07 Å². The van der Waals surface area contributed by atoms with E-state index in [1.165, 1.54) is 22.5 Å². The summed E-state index contributed by atoms with van der Waals surface area (Å²) in [5.74, 6) is 0.250. The second-order valence-electron chi connectivity index (χ2n) is 6.48. The van der Waals surface area contributed by atoms with Crippen molar-refractivity contribution in [3.05, 3.63) is 62.2 Å². The monoisotopic (exact) mass is 401 g/mol. The zero-order valence-electron chi connectivity index (χ0n) is 15.0. The first kappa shape index (κ1) is 18.1. The van der Waals surface area contributed by atoms with Crippen molar-refractivity contribution < 1.29 is 9.21 Å². The Hall–Kier alpha value is -3.33. The molecule has 0 spiro atoms. The fourth-order valence-corrected chi connectivity index (χ4v) is 3.25. The van der Waals surface area contributed by atoms with Crippen LogP contribution in [0.5, 0.6) is 0 Å². The van der Waals surface area contributed by atoms with Gasteiger partial charge in [0.25, 0.3) is 5.56 Å². The largest absolute Gasteiger partial charge is 0.459 e. The third kappa shape index (κ3) is 3.09. The molecule has 0 radical (unpaired) electrons. The van der Waals surface area contributed by atoms with E-state index in [-0.39, 0.29) is 23.6 Å². The van der Waals surface area contributed by atoms with Gasteiger partial charge in [0.15, 0.2) is 11.2 Å². The third-order valence-electron chi connectivity index (χ3n) is 4.49. The molecule has 0 bridgehead atoms. The van der Waals surface area contributed by atoms with E-state index in [9.17, 15) is 14.4 Å². The molecule has 0 aliphatic rings. The number of fused-ring (bicyclic) bond motifs is 2. The molecular weight excluding hydrogens is 386 g/mol. The number of nitrogens with one attached hydrogen (secondary N) is 2. The highest BCUT2D eigenvalue weighted by atomic mass is 35.5. The van der Waals surface area contributed by atoms with E-state index in [2.05, 4.69) is 15.3 Å². The highest BCUT2D eigenvalue weighted by molar-refractivity contribution is 6.31. The summed E-state index contributed by atoms with van der Waals surface area (Å²) in [5.41, 5.74) is -0.114. The normalized spacial score (nSPS) is 12.5. The number of aromatic nitrogens is 4. The average Bonchev–Trinajstić information content (AvgIpc) is 3.23. The predicted molar refractivity (Wildman–Crippen MR) is 103 cm³/mol. The lowest BCUT2D eigenvalue weighted by molar-refractivity contribution is -0.122. The minimum atomic E-state index is -0.592. The number of amides is 1. The van der Waals surface area contributed by atoms with Crippen LogP contribution >= 0.6 is 11.6 Å². The van der Waals surface area contributed by atoms with Gasteiger partial charge in [0, 0.05) is 17.5 Å². The first-order valence-corrected chi connectivity index (χ1v) is 8.84. The molecule has 0 fully saturated rings. The van der Waals surface area contributed by atoms with Gasteiger partial charge in [-0.25, -0.2) is 9.78 Å². The molecule has 1 atom stereocenters. The Morgan fingerprint density at radius 3 is 2.93 bits per heavy atom. The molecular formula is C18H16ClN5O4. The van der Waals surface area contributed by atoms with Crippen molar-refractivity contribution in [3.63, 3.8) is 0 Å². The van der Waals surface area contributed by atoms with Gasteiger partial charge < -0.3 is 14.3 Å². The molecule has 2 N–H and O–H groups in total. The fourth-order valence-electron chi connectivity index (χ4n) is 3.07. The van der Waals surface area contributed by atoms with Gasteiger partial charge in [-0.2, -0.15) is 0 Å². The zero-order valence-corrected chi connectivity index (χ0v) is 15.8. The lowest BCUT2D eigenvalue weighted by Gasteiger charge is -2.12. The number of imidazole rings is 1. The number of nitrogens with zero attached hydrogens (tertiary/aromatic N) is 3. The first-order chi connectivity index (χ1) is 13.3. The van der Waals surface area contributed by atoms with Crippen molar-refractivity contribution in [1.82, 2.24) is 24.4 Å². The topological polar surface area (TPSA) is 115 Å². The Kier molecular flexibility index (Phi) is 4.31. The Bertz CT molecular complexity index is 1330. The summed E-state index contributed by atoms with van der Waals surface area (Å²) in [6.45, 7) is 1.66. The maximum absolute atomic E-state index is 12.5. The molecule has 10 heteroatoms. The SMILES string of the molecule is C[C@@H](NC(=O)Cn1cnc2c1c(=O)[nH]c(=O)n2C)c1cc2cc(Cl)ccc2o1. The summed E-state index contributed by atoms with van der Waals surface area (Å²) in [5, 5.41) is 4.27. The van der Waals surface area contributed by atoms with Crippen LogP contribution in [0.3, 0.4) is 0 Å². The Balaban J connectivity index is 1.55. The second-order valence-corrected chi connectivity index (χ2v) is 6.92. The lowest BCUT2D eigenvalue weighted by Crippen LogP contribution is -2.32. The zero-order chi connectivity index (χ0) is 20.0. The molecule has 9 nitrogen and oxygen atoms in total. The predicted octanol–water partition coefficient (Wildman–Crippen LogP) is 1.70. The van der Waals surface area contributed by atoms with Crippen LogP contribution in [0.25, 0.3) is 22.1 Å². The molecule has 3 aromatic heterocycles. The molecule has 1 amide bonds. The minimum Gasteiger partial charge on any atom is -0.459 e. The summed E-state index contributed by atoms with van der Waals surface area (Å²) in [6.07, 6.45) is 1.35. The van der Waals surface area contributed by atoms with E-state index in [4.69, 9.17) is 16.0 Å². The molecule has 0 aliphatic carbocycles. The van der Waals surface area contributed by atoms with Gasteiger partial charge in [0.05, 0.1) is 12.4 Å². The smallest absolute Gasteiger partial charge is 0.329 e. The number of hydrogen-bond acceptors (Lipinski definition) is 5. The van der Waals surface area contributed by atoms with Crippen LogP contribution in [0.1, 0.15) is 18.7 Å². The van der Waals surface area contributed by atoms with E-state index in [0.717, 1.165) is 5.39 Å². The highest BCUT2D eigenvalue weighted by Gasteiger charge is 2.17. The summed E-state index contributed by atoms with van der Waals surface area (Å²) in [6, 6.07) is 6.71. The standard InChI is InChI=1S/C18H16ClN5O4/c1-9(13-6-10-5-11(19)3-4-12(10)28-13)21-14(25)7-24-8-20-16-15(24)17(26)22-18(27)23(16)2/h3-6,8-9H,7H2,1-2H3,(H,21,25)(H,22,26,27)/t9-/m1/s1. The number of rotatable bonds is 4.